The first-order valence-corrected chi connectivity index (χ1v) is 7.71. The Hall–Kier alpha value is -2.25. The van der Waals surface area contributed by atoms with Gasteiger partial charge in [0.1, 0.15) is 12.6 Å². The molecule has 1 fully saturated rings. The minimum atomic E-state index is -4.50. The standard InChI is InChI=1S/C16H20F3N3O2/c1-12(16(17,18)19)20-15(24)22-10-9-21(14(23)11-22)8-7-13-5-3-2-4-6-13/h2-6,12H,7-11H2,1H3,(H,20,24)/t12-/m0/s1. The highest BCUT2D eigenvalue weighted by molar-refractivity contribution is 5.85. The lowest BCUT2D eigenvalue weighted by Gasteiger charge is -2.35. The van der Waals surface area contributed by atoms with E-state index in [1.807, 2.05) is 35.6 Å². The first-order valence-electron chi connectivity index (χ1n) is 7.71. The molecule has 1 N–H and O–H groups in total. The van der Waals surface area contributed by atoms with Gasteiger partial charge in [-0.2, -0.15) is 13.2 Å². The van der Waals surface area contributed by atoms with Gasteiger partial charge < -0.3 is 15.1 Å². The highest BCUT2D eigenvalue weighted by Gasteiger charge is 2.38. The van der Waals surface area contributed by atoms with Crippen LogP contribution in [-0.4, -0.2) is 60.1 Å². The zero-order chi connectivity index (χ0) is 17.7. The third-order valence-electron chi connectivity index (χ3n) is 3.95. The molecule has 3 amide bonds. The minimum absolute atomic E-state index is 0.203. The second-order valence-corrected chi connectivity index (χ2v) is 5.75. The summed E-state index contributed by atoms with van der Waals surface area (Å²) < 4.78 is 37.4. The molecular formula is C16H20F3N3O2. The van der Waals surface area contributed by atoms with Crippen molar-refractivity contribution in [2.45, 2.75) is 25.6 Å². The molecule has 0 spiro atoms. The quantitative estimate of drug-likeness (QED) is 0.910. The van der Waals surface area contributed by atoms with Gasteiger partial charge in [0.05, 0.1) is 0 Å². The third kappa shape index (κ3) is 4.87. The Balaban J connectivity index is 1.82. The molecule has 2 rings (SSSR count). The van der Waals surface area contributed by atoms with Gasteiger partial charge in [0.25, 0.3) is 0 Å². The van der Waals surface area contributed by atoms with Crippen molar-refractivity contribution in [3.05, 3.63) is 35.9 Å². The van der Waals surface area contributed by atoms with Crippen LogP contribution in [0, 0.1) is 0 Å². The molecule has 0 saturated carbocycles. The van der Waals surface area contributed by atoms with Gasteiger partial charge in [-0.15, -0.1) is 0 Å². The highest BCUT2D eigenvalue weighted by Crippen LogP contribution is 2.19. The molecule has 0 bridgehead atoms. The molecule has 8 heteroatoms. The third-order valence-corrected chi connectivity index (χ3v) is 3.95. The van der Waals surface area contributed by atoms with E-state index in [1.165, 1.54) is 0 Å². The molecule has 1 aliphatic heterocycles. The molecule has 1 saturated heterocycles. The summed E-state index contributed by atoms with van der Waals surface area (Å²) in [7, 11) is 0. The largest absolute Gasteiger partial charge is 0.408 e. The molecular weight excluding hydrogens is 323 g/mol. The van der Waals surface area contributed by atoms with Gasteiger partial charge in [-0.05, 0) is 18.9 Å². The van der Waals surface area contributed by atoms with Gasteiger partial charge >= 0.3 is 12.2 Å². The lowest BCUT2D eigenvalue weighted by atomic mass is 10.1. The number of amides is 3. The van der Waals surface area contributed by atoms with E-state index >= 15 is 0 Å². The lowest BCUT2D eigenvalue weighted by Crippen LogP contribution is -2.57. The average molecular weight is 343 g/mol. The van der Waals surface area contributed by atoms with E-state index in [0.29, 0.717) is 19.5 Å². The number of benzene rings is 1. The zero-order valence-electron chi connectivity index (χ0n) is 13.3. The molecule has 0 radical (unpaired) electrons. The summed E-state index contributed by atoms with van der Waals surface area (Å²) in [6, 6.07) is 6.86. The molecule has 0 aromatic heterocycles. The number of nitrogens with one attached hydrogen (secondary N) is 1. The monoisotopic (exact) mass is 343 g/mol. The van der Waals surface area contributed by atoms with Crippen LogP contribution in [0.3, 0.4) is 0 Å². The maximum Gasteiger partial charge on any atom is 0.408 e. The van der Waals surface area contributed by atoms with Gasteiger partial charge in [-0.3, -0.25) is 4.79 Å². The molecule has 1 atom stereocenters. The van der Waals surface area contributed by atoms with Gasteiger partial charge in [0, 0.05) is 19.6 Å². The molecule has 0 unspecified atom stereocenters. The van der Waals surface area contributed by atoms with Gasteiger partial charge in [-0.1, -0.05) is 30.3 Å². The van der Waals surface area contributed by atoms with E-state index in [9.17, 15) is 22.8 Å². The molecule has 1 aromatic carbocycles. The number of nitrogens with zero attached hydrogens (tertiary/aromatic N) is 2. The van der Waals surface area contributed by atoms with Crippen LogP contribution in [0.4, 0.5) is 18.0 Å². The smallest absolute Gasteiger partial charge is 0.339 e. The van der Waals surface area contributed by atoms with Crippen molar-refractivity contribution in [3.8, 4) is 0 Å². The van der Waals surface area contributed by atoms with Crippen molar-refractivity contribution in [1.29, 1.82) is 0 Å². The van der Waals surface area contributed by atoms with Crippen LogP contribution in [0.1, 0.15) is 12.5 Å². The number of halogens is 3. The Bertz CT molecular complexity index is 578. The van der Waals surface area contributed by atoms with Crippen molar-refractivity contribution >= 4 is 11.9 Å². The molecule has 0 aliphatic carbocycles. The van der Waals surface area contributed by atoms with E-state index in [4.69, 9.17) is 0 Å². The second kappa shape index (κ2) is 7.55. The van der Waals surface area contributed by atoms with E-state index < -0.39 is 18.2 Å². The van der Waals surface area contributed by atoms with Crippen LogP contribution >= 0.6 is 0 Å². The van der Waals surface area contributed by atoms with E-state index in [0.717, 1.165) is 17.4 Å². The summed E-state index contributed by atoms with van der Waals surface area (Å²) in [5.41, 5.74) is 1.10. The van der Waals surface area contributed by atoms with Crippen LogP contribution in [-0.2, 0) is 11.2 Å². The van der Waals surface area contributed by atoms with Crippen LogP contribution in [0.25, 0.3) is 0 Å². The second-order valence-electron chi connectivity index (χ2n) is 5.75. The van der Waals surface area contributed by atoms with Crippen molar-refractivity contribution in [1.82, 2.24) is 15.1 Å². The van der Waals surface area contributed by atoms with Gasteiger partial charge in [0.15, 0.2) is 0 Å². The van der Waals surface area contributed by atoms with Crippen molar-refractivity contribution in [2.24, 2.45) is 0 Å². The van der Waals surface area contributed by atoms with Crippen molar-refractivity contribution < 1.29 is 22.8 Å². The Morgan fingerprint density at radius 2 is 1.92 bits per heavy atom. The summed E-state index contributed by atoms with van der Waals surface area (Å²) in [4.78, 5) is 26.7. The zero-order valence-corrected chi connectivity index (χ0v) is 13.3. The van der Waals surface area contributed by atoms with E-state index in [1.54, 1.807) is 4.90 Å². The van der Waals surface area contributed by atoms with E-state index in [-0.39, 0.29) is 19.0 Å². The number of hydrogen-bond donors (Lipinski definition) is 1. The number of carbonyl (C=O) groups is 2. The predicted molar refractivity (Wildman–Crippen MR) is 82.3 cm³/mol. The molecule has 24 heavy (non-hydrogen) atoms. The molecule has 5 nitrogen and oxygen atoms in total. The first kappa shape index (κ1) is 18.1. The summed E-state index contributed by atoms with van der Waals surface area (Å²) in [5.74, 6) is -0.257. The Labute approximate surface area is 138 Å². The minimum Gasteiger partial charge on any atom is -0.339 e. The van der Waals surface area contributed by atoms with Gasteiger partial charge in [0.2, 0.25) is 5.91 Å². The number of piperazine rings is 1. The normalized spacial score (nSPS) is 16.9. The van der Waals surface area contributed by atoms with Crippen molar-refractivity contribution in [2.75, 3.05) is 26.2 Å². The van der Waals surface area contributed by atoms with E-state index in [2.05, 4.69) is 0 Å². The molecule has 132 valence electrons. The van der Waals surface area contributed by atoms with Crippen molar-refractivity contribution in [3.63, 3.8) is 0 Å². The molecule has 1 heterocycles. The molecule has 1 aromatic rings. The summed E-state index contributed by atoms with van der Waals surface area (Å²) >= 11 is 0. The lowest BCUT2D eigenvalue weighted by molar-refractivity contribution is -0.149. The topological polar surface area (TPSA) is 52.7 Å². The Morgan fingerprint density at radius 1 is 1.25 bits per heavy atom. The maximum absolute atomic E-state index is 12.5. The van der Waals surface area contributed by atoms with Crippen LogP contribution in [0.5, 0.6) is 0 Å². The maximum atomic E-state index is 12.5. The Morgan fingerprint density at radius 3 is 2.50 bits per heavy atom. The Kier molecular flexibility index (Phi) is 5.69. The summed E-state index contributed by atoms with van der Waals surface area (Å²) in [6.45, 7) is 1.73. The van der Waals surface area contributed by atoms with Gasteiger partial charge in [-0.25, -0.2) is 4.79 Å². The van der Waals surface area contributed by atoms with Crippen LogP contribution in [0.15, 0.2) is 30.3 Å². The number of hydrogen-bond acceptors (Lipinski definition) is 2. The average Bonchev–Trinajstić information content (AvgIpc) is 2.53. The van der Waals surface area contributed by atoms with Crippen LogP contribution < -0.4 is 5.32 Å². The number of alkyl halides is 3. The number of rotatable bonds is 4. The SMILES string of the molecule is C[C@H](NC(=O)N1CCN(CCc2ccccc2)C(=O)C1)C(F)(F)F. The molecule has 1 aliphatic rings. The summed E-state index contributed by atoms with van der Waals surface area (Å²) in [5, 5.41) is 1.87. The fourth-order valence-electron chi connectivity index (χ4n) is 2.39. The fraction of sp³-hybridized carbons (Fsp3) is 0.500. The predicted octanol–water partition coefficient (Wildman–Crippen LogP) is 2.03. The number of urea groups is 1. The first-order chi connectivity index (χ1) is 11.3. The van der Waals surface area contributed by atoms with Crippen LogP contribution in [0.2, 0.25) is 0 Å². The summed E-state index contributed by atoms with van der Waals surface area (Å²) in [6.07, 6.45) is -3.80. The number of carbonyl (C=O) groups excluding carboxylic acids is 2. The fourth-order valence-corrected chi connectivity index (χ4v) is 2.39. The highest BCUT2D eigenvalue weighted by atomic mass is 19.4.